The normalized spacial score (nSPS) is 12.6. The Kier molecular flexibility index (Phi) is 4.53. The van der Waals surface area contributed by atoms with Crippen LogP contribution in [0.25, 0.3) is 0 Å². The molecule has 0 saturated carbocycles. The van der Waals surface area contributed by atoms with Gasteiger partial charge in [0.25, 0.3) is 5.91 Å². The number of ether oxygens (including phenoxy) is 1. The third-order valence-corrected chi connectivity index (χ3v) is 2.26. The summed E-state index contributed by atoms with van der Waals surface area (Å²) in [5.41, 5.74) is -0.483. The van der Waals surface area contributed by atoms with Crippen LogP contribution < -0.4 is 5.32 Å². The van der Waals surface area contributed by atoms with Crippen molar-refractivity contribution < 1.29 is 19.4 Å². The molecule has 0 aromatic heterocycles. The lowest BCUT2D eigenvalue weighted by Gasteiger charge is -2.22. The summed E-state index contributed by atoms with van der Waals surface area (Å²) in [5.74, 6) is -1.16. The molecule has 1 rings (SSSR count). The smallest absolute Gasteiger partial charge is 0.328 e. The molecule has 5 heteroatoms. The number of hydrogen-bond donors (Lipinski definition) is 2. The predicted molar refractivity (Wildman–Crippen MR) is 70.9 cm³/mol. The Bertz CT molecular complexity index is 477. The molecular formula is C14H19NO4. The first-order valence-corrected chi connectivity index (χ1v) is 6.02. The van der Waals surface area contributed by atoms with E-state index in [-0.39, 0.29) is 11.3 Å². The van der Waals surface area contributed by atoms with Crippen molar-refractivity contribution in [3.8, 4) is 5.75 Å². The Morgan fingerprint density at radius 1 is 1.26 bits per heavy atom. The quantitative estimate of drug-likeness (QED) is 0.818. The Labute approximate surface area is 112 Å². The van der Waals surface area contributed by atoms with Crippen LogP contribution in [-0.2, 0) is 9.53 Å². The number of esters is 1. The van der Waals surface area contributed by atoms with Crippen LogP contribution in [0.3, 0.4) is 0 Å². The van der Waals surface area contributed by atoms with Crippen molar-refractivity contribution in [3.05, 3.63) is 29.8 Å². The molecule has 19 heavy (non-hydrogen) atoms. The molecule has 0 aliphatic rings. The maximum atomic E-state index is 11.9. The Morgan fingerprint density at radius 2 is 1.84 bits per heavy atom. The Morgan fingerprint density at radius 3 is 2.37 bits per heavy atom. The number of hydrogen-bond acceptors (Lipinski definition) is 4. The van der Waals surface area contributed by atoms with Gasteiger partial charge in [-0.05, 0) is 39.8 Å². The SMILES string of the molecule is C[C@@H](NC(=O)c1ccccc1O)C(=O)OC(C)(C)C. The van der Waals surface area contributed by atoms with Crippen LogP contribution in [0.15, 0.2) is 24.3 Å². The molecule has 0 heterocycles. The summed E-state index contributed by atoms with van der Waals surface area (Å²) in [4.78, 5) is 23.6. The second-order valence-corrected chi connectivity index (χ2v) is 5.25. The maximum absolute atomic E-state index is 11.9. The maximum Gasteiger partial charge on any atom is 0.328 e. The molecule has 0 unspecified atom stereocenters. The standard InChI is InChI=1S/C14H19NO4/c1-9(13(18)19-14(2,3)4)15-12(17)10-7-5-6-8-11(10)16/h5-9,16H,1-4H3,(H,15,17)/t9-/m1/s1. The molecule has 1 aromatic carbocycles. The monoisotopic (exact) mass is 265 g/mol. The number of para-hydroxylation sites is 1. The molecule has 0 spiro atoms. The van der Waals surface area contributed by atoms with E-state index < -0.39 is 23.5 Å². The van der Waals surface area contributed by atoms with Crippen molar-refractivity contribution in [2.75, 3.05) is 0 Å². The van der Waals surface area contributed by atoms with E-state index in [0.29, 0.717) is 0 Å². The fourth-order valence-electron chi connectivity index (χ4n) is 1.39. The highest BCUT2D eigenvalue weighted by molar-refractivity contribution is 5.98. The Hall–Kier alpha value is -2.04. The third-order valence-electron chi connectivity index (χ3n) is 2.26. The minimum Gasteiger partial charge on any atom is -0.507 e. The number of phenols is 1. The van der Waals surface area contributed by atoms with E-state index in [2.05, 4.69) is 5.32 Å². The molecule has 0 aliphatic carbocycles. The largest absolute Gasteiger partial charge is 0.507 e. The summed E-state index contributed by atoms with van der Waals surface area (Å²) in [7, 11) is 0. The van der Waals surface area contributed by atoms with Crippen molar-refractivity contribution >= 4 is 11.9 Å². The second-order valence-electron chi connectivity index (χ2n) is 5.25. The average Bonchev–Trinajstić information content (AvgIpc) is 2.27. The summed E-state index contributed by atoms with van der Waals surface area (Å²) in [5, 5.41) is 12.0. The van der Waals surface area contributed by atoms with Crippen molar-refractivity contribution in [2.24, 2.45) is 0 Å². The predicted octanol–water partition coefficient (Wildman–Crippen LogP) is 1.85. The molecule has 0 saturated heterocycles. The minimum atomic E-state index is -0.786. The summed E-state index contributed by atoms with van der Waals surface area (Å²) in [6, 6.07) is 5.35. The molecule has 1 amide bonds. The van der Waals surface area contributed by atoms with Crippen LogP contribution in [0.2, 0.25) is 0 Å². The van der Waals surface area contributed by atoms with Gasteiger partial charge in [-0.1, -0.05) is 12.1 Å². The van der Waals surface area contributed by atoms with Crippen LogP contribution >= 0.6 is 0 Å². The Balaban J connectivity index is 2.67. The van der Waals surface area contributed by atoms with Crippen LogP contribution in [0.5, 0.6) is 5.75 Å². The van der Waals surface area contributed by atoms with E-state index in [4.69, 9.17) is 4.74 Å². The zero-order valence-corrected chi connectivity index (χ0v) is 11.6. The molecule has 0 aliphatic heterocycles. The first-order chi connectivity index (χ1) is 8.70. The number of carbonyl (C=O) groups excluding carboxylic acids is 2. The van der Waals surface area contributed by atoms with Crippen LogP contribution in [0.4, 0.5) is 0 Å². The number of carbonyl (C=O) groups is 2. The van der Waals surface area contributed by atoms with Gasteiger partial charge in [0.15, 0.2) is 0 Å². The van der Waals surface area contributed by atoms with E-state index in [9.17, 15) is 14.7 Å². The molecule has 0 fully saturated rings. The van der Waals surface area contributed by atoms with Crippen molar-refractivity contribution in [1.29, 1.82) is 0 Å². The first kappa shape index (κ1) is 15.0. The lowest BCUT2D eigenvalue weighted by Crippen LogP contribution is -2.42. The minimum absolute atomic E-state index is 0.123. The molecule has 5 nitrogen and oxygen atoms in total. The summed E-state index contributed by atoms with van der Waals surface area (Å²) < 4.78 is 5.15. The highest BCUT2D eigenvalue weighted by Gasteiger charge is 2.23. The lowest BCUT2D eigenvalue weighted by molar-refractivity contribution is -0.156. The number of amides is 1. The van der Waals surface area contributed by atoms with Crippen molar-refractivity contribution in [2.45, 2.75) is 39.3 Å². The van der Waals surface area contributed by atoms with Gasteiger partial charge in [0.1, 0.15) is 17.4 Å². The van der Waals surface area contributed by atoms with Gasteiger partial charge in [-0.3, -0.25) is 4.79 Å². The van der Waals surface area contributed by atoms with Gasteiger partial charge in [-0.15, -0.1) is 0 Å². The highest BCUT2D eigenvalue weighted by atomic mass is 16.6. The first-order valence-electron chi connectivity index (χ1n) is 6.02. The van der Waals surface area contributed by atoms with Crippen LogP contribution in [0.1, 0.15) is 38.1 Å². The van der Waals surface area contributed by atoms with E-state index in [1.165, 1.54) is 19.1 Å². The molecule has 104 valence electrons. The highest BCUT2D eigenvalue weighted by Crippen LogP contribution is 2.15. The van der Waals surface area contributed by atoms with Gasteiger partial charge in [0.05, 0.1) is 5.56 Å². The van der Waals surface area contributed by atoms with Crippen molar-refractivity contribution in [1.82, 2.24) is 5.32 Å². The number of rotatable bonds is 3. The molecule has 0 radical (unpaired) electrons. The zero-order valence-electron chi connectivity index (χ0n) is 11.6. The number of nitrogens with one attached hydrogen (secondary N) is 1. The number of aromatic hydroxyl groups is 1. The second kappa shape index (κ2) is 5.73. The summed E-state index contributed by atoms with van der Waals surface area (Å²) >= 11 is 0. The average molecular weight is 265 g/mol. The van der Waals surface area contributed by atoms with Crippen LogP contribution in [-0.4, -0.2) is 28.6 Å². The number of phenolic OH excluding ortho intramolecular Hbond substituents is 1. The molecular weight excluding hydrogens is 246 g/mol. The van der Waals surface area contributed by atoms with Crippen molar-refractivity contribution in [3.63, 3.8) is 0 Å². The van der Waals surface area contributed by atoms with Gasteiger partial charge >= 0.3 is 5.97 Å². The van der Waals surface area contributed by atoms with E-state index in [1.807, 2.05) is 0 Å². The van der Waals surface area contributed by atoms with Gasteiger partial charge in [0, 0.05) is 0 Å². The van der Waals surface area contributed by atoms with Gasteiger partial charge < -0.3 is 15.2 Å². The lowest BCUT2D eigenvalue weighted by atomic mass is 10.1. The molecule has 1 aromatic rings. The fourth-order valence-corrected chi connectivity index (χ4v) is 1.39. The summed E-state index contributed by atoms with van der Waals surface area (Å²) in [6.07, 6.45) is 0. The molecule has 0 bridgehead atoms. The van der Waals surface area contributed by atoms with Crippen LogP contribution in [0, 0.1) is 0 Å². The van der Waals surface area contributed by atoms with E-state index in [1.54, 1.807) is 32.9 Å². The molecule has 1 atom stereocenters. The molecule has 2 N–H and O–H groups in total. The zero-order chi connectivity index (χ0) is 14.6. The van der Waals surface area contributed by atoms with E-state index in [0.717, 1.165) is 0 Å². The summed E-state index contributed by atoms with van der Waals surface area (Å²) in [6.45, 7) is 6.79. The van der Waals surface area contributed by atoms with Gasteiger partial charge in [-0.25, -0.2) is 4.79 Å². The van der Waals surface area contributed by atoms with Gasteiger partial charge in [-0.2, -0.15) is 0 Å². The van der Waals surface area contributed by atoms with E-state index >= 15 is 0 Å². The fraction of sp³-hybridized carbons (Fsp3) is 0.429. The third kappa shape index (κ3) is 4.62. The topological polar surface area (TPSA) is 75.6 Å². The van der Waals surface area contributed by atoms with Gasteiger partial charge in [0.2, 0.25) is 0 Å². The number of benzene rings is 1.